The maximum Gasteiger partial charge on any atom is 0.273 e. The first-order valence-electron chi connectivity index (χ1n) is 14.8. The summed E-state index contributed by atoms with van der Waals surface area (Å²) >= 11 is 0.944. The van der Waals surface area contributed by atoms with Crippen molar-refractivity contribution in [1.82, 2.24) is 19.9 Å². The number of hydrogen-bond donors (Lipinski definition) is 3. The van der Waals surface area contributed by atoms with Crippen LogP contribution in [0.3, 0.4) is 0 Å². The predicted octanol–water partition coefficient (Wildman–Crippen LogP) is 4.52. The monoisotopic (exact) mass is 567 g/mol. The third-order valence-corrected chi connectivity index (χ3v) is 9.33. The third-order valence-electron chi connectivity index (χ3n) is 8.48. The van der Waals surface area contributed by atoms with E-state index >= 15 is 0 Å². The van der Waals surface area contributed by atoms with Crippen LogP contribution in [-0.4, -0.2) is 58.3 Å². The Kier molecular flexibility index (Phi) is 9.36. The number of aryl methyl sites for hydroxylation is 1. The van der Waals surface area contributed by atoms with Gasteiger partial charge in [0.15, 0.2) is 5.69 Å². The summed E-state index contributed by atoms with van der Waals surface area (Å²) in [4.78, 5) is 43.1. The maximum absolute atomic E-state index is 14.3. The number of ether oxygens (including phenoxy) is 1. The number of hydrogen-bond acceptors (Lipinski definition) is 7. The lowest BCUT2D eigenvalue weighted by Gasteiger charge is -2.36. The molecule has 3 fully saturated rings. The van der Waals surface area contributed by atoms with Gasteiger partial charge in [-0.3, -0.25) is 14.4 Å². The molecule has 0 radical (unpaired) electrons. The predicted molar refractivity (Wildman–Crippen MR) is 155 cm³/mol. The molecule has 2 saturated carbocycles. The van der Waals surface area contributed by atoms with Crippen LogP contribution in [0.4, 0.5) is 5.69 Å². The number of rotatable bonds is 9. The molecule has 0 bridgehead atoms. The van der Waals surface area contributed by atoms with Gasteiger partial charge in [0.05, 0.1) is 11.8 Å². The van der Waals surface area contributed by atoms with Crippen molar-refractivity contribution < 1.29 is 19.1 Å². The molecule has 2 atom stereocenters. The molecule has 1 aliphatic heterocycles. The van der Waals surface area contributed by atoms with Gasteiger partial charge in [0.2, 0.25) is 5.91 Å². The highest BCUT2D eigenvalue weighted by Crippen LogP contribution is 2.36. The minimum Gasteiger partial charge on any atom is -0.395 e. The van der Waals surface area contributed by atoms with Crippen LogP contribution in [-0.2, 0) is 9.53 Å². The Morgan fingerprint density at radius 1 is 1.02 bits per heavy atom. The van der Waals surface area contributed by atoms with E-state index in [-0.39, 0.29) is 52.2 Å². The normalized spacial score (nSPS) is 20.8. The number of aromatic nitrogens is 1. The van der Waals surface area contributed by atoms with Crippen molar-refractivity contribution in [1.29, 1.82) is 0 Å². The van der Waals surface area contributed by atoms with Crippen LogP contribution in [0.15, 0.2) is 24.3 Å². The van der Waals surface area contributed by atoms with Crippen molar-refractivity contribution in [3.63, 3.8) is 0 Å². The Morgan fingerprint density at radius 3 is 2.40 bits per heavy atom. The van der Waals surface area contributed by atoms with E-state index in [0.29, 0.717) is 13.2 Å². The summed E-state index contributed by atoms with van der Waals surface area (Å²) in [5, 5.41) is 6.12. The SMILES string of the molecule is Cc1ccc([C@H](C(=O)NC[C@@H]2CCCO2)N(C(=O)c2snc(C(=O)NC3CCCCC3)c2N)C2CCCC2)cc1. The minimum absolute atomic E-state index is 0.0133. The molecular weight excluding hydrogens is 526 g/mol. The van der Waals surface area contributed by atoms with Crippen LogP contribution < -0.4 is 16.4 Å². The molecule has 0 unspecified atom stereocenters. The molecule has 2 heterocycles. The number of carbonyl (C=O) groups excluding carboxylic acids is 3. The molecule has 1 saturated heterocycles. The van der Waals surface area contributed by atoms with Crippen molar-refractivity contribution >= 4 is 34.9 Å². The summed E-state index contributed by atoms with van der Waals surface area (Å²) in [5.41, 5.74) is 8.45. The van der Waals surface area contributed by atoms with Gasteiger partial charge in [0.1, 0.15) is 10.9 Å². The summed E-state index contributed by atoms with van der Waals surface area (Å²) in [6.07, 6.45) is 10.7. The first kappa shape index (κ1) is 28.5. The molecular formula is C30H41N5O4S. The summed E-state index contributed by atoms with van der Waals surface area (Å²) in [6, 6.07) is 6.91. The Bertz CT molecular complexity index is 1180. The third kappa shape index (κ3) is 6.49. The average molecular weight is 568 g/mol. The highest BCUT2D eigenvalue weighted by Gasteiger charge is 2.40. The average Bonchev–Trinajstić information content (AvgIpc) is 3.74. The van der Waals surface area contributed by atoms with Gasteiger partial charge in [0.25, 0.3) is 11.8 Å². The molecule has 3 amide bonds. The number of nitrogen functional groups attached to an aromatic ring is 1. The highest BCUT2D eigenvalue weighted by molar-refractivity contribution is 7.09. The number of benzene rings is 1. The van der Waals surface area contributed by atoms with E-state index < -0.39 is 6.04 Å². The van der Waals surface area contributed by atoms with Crippen molar-refractivity contribution in [2.24, 2.45) is 0 Å². The largest absolute Gasteiger partial charge is 0.395 e. The summed E-state index contributed by atoms with van der Waals surface area (Å²) in [6.45, 7) is 3.10. The number of nitrogens with zero attached hydrogens (tertiary/aromatic N) is 2. The summed E-state index contributed by atoms with van der Waals surface area (Å²) in [7, 11) is 0. The second kappa shape index (κ2) is 13.1. The zero-order valence-corrected chi connectivity index (χ0v) is 24.1. The lowest BCUT2D eigenvalue weighted by atomic mass is 9.95. The van der Waals surface area contributed by atoms with E-state index in [1.54, 1.807) is 4.90 Å². The van der Waals surface area contributed by atoms with Crippen LogP contribution in [0.25, 0.3) is 0 Å². The van der Waals surface area contributed by atoms with Crippen molar-refractivity contribution in [3.05, 3.63) is 46.0 Å². The van der Waals surface area contributed by atoms with Gasteiger partial charge < -0.3 is 26.0 Å². The van der Waals surface area contributed by atoms with Gasteiger partial charge in [-0.25, -0.2) is 0 Å². The quantitative estimate of drug-likeness (QED) is 0.409. The van der Waals surface area contributed by atoms with Crippen LogP contribution in [0, 0.1) is 6.92 Å². The molecule has 9 nitrogen and oxygen atoms in total. The number of anilines is 1. The molecule has 0 spiro atoms. The fourth-order valence-electron chi connectivity index (χ4n) is 6.21. The molecule has 4 N–H and O–H groups in total. The molecule has 216 valence electrons. The highest BCUT2D eigenvalue weighted by atomic mass is 32.1. The Hall–Kier alpha value is -2.98. The second-order valence-corrected chi connectivity index (χ2v) is 12.2. The molecule has 40 heavy (non-hydrogen) atoms. The van der Waals surface area contributed by atoms with Crippen molar-refractivity contribution in [2.45, 2.75) is 102 Å². The fraction of sp³-hybridized carbons (Fsp3) is 0.600. The first-order chi connectivity index (χ1) is 19.4. The zero-order chi connectivity index (χ0) is 28.1. The molecule has 1 aromatic heterocycles. The fourth-order valence-corrected chi connectivity index (χ4v) is 6.96. The summed E-state index contributed by atoms with van der Waals surface area (Å²) < 4.78 is 10.0. The van der Waals surface area contributed by atoms with Crippen LogP contribution in [0.1, 0.15) is 108 Å². The van der Waals surface area contributed by atoms with E-state index in [2.05, 4.69) is 15.0 Å². The van der Waals surface area contributed by atoms with E-state index in [1.165, 1.54) is 6.42 Å². The number of amides is 3. The maximum atomic E-state index is 14.3. The van der Waals surface area contributed by atoms with Crippen LogP contribution >= 0.6 is 11.5 Å². The van der Waals surface area contributed by atoms with E-state index in [1.807, 2.05) is 31.2 Å². The number of nitrogens with one attached hydrogen (secondary N) is 2. The molecule has 5 rings (SSSR count). The van der Waals surface area contributed by atoms with Crippen molar-refractivity contribution in [3.8, 4) is 0 Å². The smallest absolute Gasteiger partial charge is 0.273 e. The van der Waals surface area contributed by atoms with Gasteiger partial charge in [-0.1, -0.05) is 61.9 Å². The molecule has 2 aromatic rings. The Morgan fingerprint density at radius 2 is 1.73 bits per heavy atom. The molecule has 1 aromatic carbocycles. The Balaban J connectivity index is 1.43. The lowest BCUT2D eigenvalue weighted by molar-refractivity contribution is -0.127. The molecule has 3 aliphatic rings. The first-order valence-corrected chi connectivity index (χ1v) is 15.5. The van der Waals surface area contributed by atoms with Gasteiger partial charge in [-0.05, 0) is 62.5 Å². The minimum atomic E-state index is -0.835. The number of carbonyl (C=O) groups is 3. The second-order valence-electron chi connectivity index (χ2n) is 11.4. The van der Waals surface area contributed by atoms with Gasteiger partial charge >= 0.3 is 0 Å². The van der Waals surface area contributed by atoms with E-state index in [0.717, 1.165) is 86.9 Å². The Labute approximate surface area is 240 Å². The number of nitrogens with two attached hydrogens (primary N) is 1. The zero-order valence-electron chi connectivity index (χ0n) is 23.3. The standard InChI is InChI=1S/C30H41N5O4S/c1-19-13-15-20(16-14-19)26(29(37)32-18-23-12-7-17-39-23)35(22-10-5-6-11-22)30(38)27-24(31)25(34-40-27)28(36)33-21-8-3-2-4-9-21/h13-16,21-23,26H,2-12,17-18,31H2,1H3,(H,32,37)(H,33,36)/t23-,26+/m0/s1. The van der Waals surface area contributed by atoms with Gasteiger partial charge in [-0.15, -0.1) is 0 Å². The van der Waals surface area contributed by atoms with E-state index in [4.69, 9.17) is 10.5 Å². The van der Waals surface area contributed by atoms with Crippen LogP contribution in [0.2, 0.25) is 0 Å². The molecule has 2 aliphatic carbocycles. The topological polar surface area (TPSA) is 127 Å². The summed E-state index contributed by atoms with van der Waals surface area (Å²) in [5.74, 6) is -0.925. The lowest BCUT2D eigenvalue weighted by Crippen LogP contribution is -2.49. The molecule has 10 heteroatoms. The van der Waals surface area contributed by atoms with Crippen molar-refractivity contribution in [2.75, 3.05) is 18.9 Å². The van der Waals surface area contributed by atoms with Gasteiger partial charge in [0, 0.05) is 25.2 Å². The van der Waals surface area contributed by atoms with Gasteiger partial charge in [-0.2, -0.15) is 4.37 Å². The van der Waals surface area contributed by atoms with E-state index in [9.17, 15) is 14.4 Å². The van der Waals surface area contributed by atoms with Crippen LogP contribution in [0.5, 0.6) is 0 Å².